The predicted molar refractivity (Wildman–Crippen MR) is 128 cm³/mol. The van der Waals surface area contributed by atoms with Crippen LogP contribution in [-0.4, -0.2) is 32.9 Å². The first-order valence-electron chi connectivity index (χ1n) is 9.99. The molecule has 1 unspecified atom stereocenters. The summed E-state index contributed by atoms with van der Waals surface area (Å²) in [5, 5.41) is 2.76. The van der Waals surface area contributed by atoms with Crippen LogP contribution < -0.4 is 10.0 Å². The summed E-state index contributed by atoms with van der Waals surface area (Å²) in [5.41, 5.74) is 3.05. The minimum Gasteiger partial charge on any atom is -0.342 e. The van der Waals surface area contributed by atoms with Crippen LogP contribution in [0.2, 0.25) is 0 Å². The fourth-order valence-corrected chi connectivity index (χ4v) is 3.74. The van der Waals surface area contributed by atoms with Gasteiger partial charge in [0.15, 0.2) is 0 Å². The van der Waals surface area contributed by atoms with Crippen molar-refractivity contribution in [2.75, 3.05) is 11.0 Å². The van der Waals surface area contributed by atoms with Crippen LogP contribution in [0, 0.1) is 0 Å². The Morgan fingerprint density at radius 3 is 2.22 bits per heavy atom. The number of carbonyl (C=O) groups excluding carboxylic acids is 2. The summed E-state index contributed by atoms with van der Waals surface area (Å²) in [6.45, 7) is 0. The normalized spacial score (nSPS) is 12.3. The van der Waals surface area contributed by atoms with E-state index in [1.807, 2.05) is 66.7 Å². The van der Waals surface area contributed by atoms with Crippen molar-refractivity contribution in [3.05, 3.63) is 101 Å². The summed E-state index contributed by atoms with van der Waals surface area (Å²) in [6, 6.07) is 22.9. The number of aldehydes is 1. The van der Waals surface area contributed by atoms with Crippen molar-refractivity contribution in [2.45, 2.75) is 12.5 Å². The Morgan fingerprint density at radius 2 is 1.59 bits per heavy atom. The Labute approximate surface area is 188 Å². The fraction of sp³-hybridized carbons (Fsp3) is 0.120. The monoisotopic (exact) mass is 448 g/mol. The second-order valence-corrected chi connectivity index (χ2v) is 9.07. The van der Waals surface area contributed by atoms with Crippen LogP contribution in [0.25, 0.3) is 12.2 Å². The van der Waals surface area contributed by atoms with E-state index in [-0.39, 0.29) is 0 Å². The third-order valence-corrected chi connectivity index (χ3v) is 5.24. The van der Waals surface area contributed by atoms with Gasteiger partial charge in [-0.2, -0.15) is 0 Å². The molecule has 3 aromatic carbocycles. The van der Waals surface area contributed by atoms with E-state index in [4.69, 9.17) is 0 Å². The molecule has 2 N–H and O–H groups in total. The van der Waals surface area contributed by atoms with Gasteiger partial charge in [0, 0.05) is 11.3 Å². The quantitative estimate of drug-likeness (QED) is 0.385. The molecule has 0 bridgehead atoms. The summed E-state index contributed by atoms with van der Waals surface area (Å²) >= 11 is 0. The highest BCUT2D eigenvalue weighted by Gasteiger charge is 2.17. The SMILES string of the molecule is CS(=O)(=O)Nc1ccc(C(=O)NC(C=O)Cc2ccccc2)c(/C=C/c2ccccc2)c1. The van der Waals surface area contributed by atoms with Gasteiger partial charge < -0.3 is 10.1 Å². The van der Waals surface area contributed by atoms with Gasteiger partial charge in [-0.3, -0.25) is 9.52 Å². The lowest BCUT2D eigenvalue weighted by atomic mass is 10.0. The highest BCUT2D eigenvalue weighted by Crippen LogP contribution is 2.20. The Morgan fingerprint density at radius 1 is 0.938 bits per heavy atom. The number of amides is 1. The first-order chi connectivity index (χ1) is 15.3. The van der Waals surface area contributed by atoms with Crippen molar-refractivity contribution >= 4 is 40.1 Å². The van der Waals surface area contributed by atoms with E-state index in [0.29, 0.717) is 29.5 Å². The van der Waals surface area contributed by atoms with Crippen molar-refractivity contribution in [1.29, 1.82) is 0 Å². The number of anilines is 1. The Kier molecular flexibility index (Phi) is 7.57. The summed E-state index contributed by atoms with van der Waals surface area (Å²) in [5.74, 6) is -0.420. The molecule has 0 aliphatic carbocycles. The van der Waals surface area contributed by atoms with Gasteiger partial charge in [0.05, 0.1) is 12.3 Å². The topological polar surface area (TPSA) is 92.3 Å². The Bertz CT molecular complexity index is 1210. The number of rotatable bonds is 9. The molecule has 1 amide bonds. The zero-order valence-electron chi connectivity index (χ0n) is 17.6. The minimum absolute atomic E-state index is 0.330. The van der Waals surface area contributed by atoms with Gasteiger partial charge in [-0.1, -0.05) is 72.8 Å². The molecule has 0 aromatic heterocycles. The fourth-order valence-electron chi connectivity index (χ4n) is 3.18. The summed E-state index contributed by atoms with van der Waals surface area (Å²) in [7, 11) is -3.47. The van der Waals surface area contributed by atoms with Crippen LogP contribution in [0.5, 0.6) is 0 Å². The van der Waals surface area contributed by atoms with Crippen LogP contribution in [0.1, 0.15) is 27.0 Å². The van der Waals surface area contributed by atoms with Crippen LogP contribution in [-0.2, 0) is 21.2 Å². The molecule has 0 radical (unpaired) electrons. The number of carbonyl (C=O) groups is 2. The largest absolute Gasteiger partial charge is 0.342 e. The molecule has 0 aliphatic rings. The molecule has 6 nitrogen and oxygen atoms in total. The lowest BCUT2D eigenvalue weighted by molar-refractivity contribution is -0.109. The molecule has 0 heterocycles. The molecule has 3 aromatic rings. The third-order valence-electron chi connectivity index (χ3n) is 4.63. The second-order valence-electron chi connectivity index (χ2n) is 7.33. The number of nitrogens with one attached hydrogen (secondary N) is 2. The highest BCUT2D eigenvalue weighted by atomic mass is 32.2. The molecule has 3 rings (SSSR count). The van der Waals surface area contributed by atoms with Gasteiger partial charge in [-0.25, -0.2) is 8.42 Å². The molecular weight excluding hydrogens is 424 g/mol. The number of benzene rings is 3. The molecule has 7 heteroatoms. The van der Waals surface area contributed by atoms with E-state index in [0.717, 1.165) is 17.4 Å². The van der Waals surface area contributed by atoms with E-state index >= 15 is 0 Å². The van der Waals surface area contributed by atoms with Gasteiger partial charge in [0.25, 0.3) is 5.91 Å². The number of hydrogen-bond donors (Lipinski definition) is 2. The van der Waals surface area contributed by atoms with Gasteiger partial charge in [0.1, 0.15) is 6.29 Å². The molecule has 0 spiro atoms. The Hall–Kier alpha value is -3.71. The molecule has 0 saturated heterocycles. The average molecular weight is 449 g/mol. The second kappa shape index (κ2) is 10.5. The number of sulfonamides is 1. The van der Waals surface area contributed by atoms with Crippen LogP contribution in [0.3, 0.4) is 0 Å². The van der Waals surface area contributed by atoms with E-state index in [2.05, 4.69) is 10.0 Å². The zero-order valence-corrected chi connectivity index (χ0v) is 18.4. The molecular formula is C25H24N2O4S. The van der Waals surface area contributed by atoms with Crippen molar-refractivity contribution in [2.24, 2.45) is 0 Å². The van der Waals surface area contributed by atoms with Crippen molar-refractivity contribution < 1.29 is 18.0 Å². The third kappa shape index (κ3) is 6.92. The first-order valence-corrected chi connectivity index (χ1v) is 11.9. The maximum atomic E-state index is 13.0. The van der Waals surface area contributed by atoms with Crippen molar-refractivity contribution in [3.8, 4) is 0 Å². The van der Waals surface area contributed by atoms with Crippen LogP contribution in [0.15, 0.2) is 78.9 Å². The molecule has 164 valence electrons. The lowest BCUT2D eigenvalue weighted by Gasteiger charge is -2.15. The van der Waals surface area contributed by atoms with E-state index in [1.54, 1.807) is 12.1 Å². The molecule has 0 fully saturated rings. The molecule has 0 aliphatic heterocycles. The van der Waals surface area contributed by atoms with Gasteiger partial charge in [0.2, 0.25) is 10.0 Å². The van der Waals surface area contributed by atoms with E-state index in [9.17, 15) is 18.0 Å². The van der Waals surface area contributed by atoms with Gasteiger partial charge >= 0.3 is 0 Å². The standard InChI is InChI=1S/C25H24N2O4S/c1-32(30,31)27-22-14-15-24(21(17-22)13-12-19-8-4-2-5-9-19)25(29)26-23(18-28)16-20-10-6-3-7-11-20/h2-15,17-18,23,27H,16H2,1H3,(H,26,29)/b13-12+. The molecule has 32 heavy (non-hydrogen) atoms. The van der Waals surface area contributed by atoms with E-state index in [1.165, 1.54) is 12.1 Å². The lowest BCUT2D eigenvalue weighted by Crippen LogP contribution is -2.37. The number of hydrogen-bond acceptors (Lipinski definition) is 4. The summed E-state index contributed by atoms with van der Waals surface area (Å²) in [6.07, 6.45) is 5.72. The zero-order chi connectivity index (χ0) is 23.0. The first kappa shape index (κ1) is 23.0. The van der Waals surface area contributed by atoms with Crippen molar-refractivity contribution in [1.82, 2.24) is 5.32 Å². The smallest absolute Gasteiger partial charge is 0.252 e. The maximum absolute atomic E-state index is 13.0. The average Bonchev–Trinajstić information content (AvgIpc) is 2.77. The maximum Gasteiger partial charge on any atom is 0.252 e. The van der Waals surface area contributed by atoms with Crippen LogP contribution >= 0.6 is 0 Å². The van der Waals surface area contributed by atoms with Gasteiger partial charge in [-0.05, 0) is 41.3 Å². The predicted octanol–water partition coefficient (Wildman–Crippen LogP) is 3.77. The summed E-state index contributed by atoms with van der Waals surface area (Å²) in [4.78, 5) is 24.6. The van der Waals surface area contributed by atoms with Crippen LogP contribution in [0.4, 0.5) is 5.69 Å². The summed E-state index contributed by atoms with van der Waals surface area (Å²) < 4.78 is 25.7. The Balaban J connectivity index is 1.88. The minimum atomic E-state index is -3.47. The van der Waals surface area contributed by atoms with Crippen molar-refractivity contribution in [3.63, 3.8) is 0 Å². The van der Waals surface area contributed by atoms with E-state index < -0.39 is 22.0 Å². The molecule has 0 saturated carbocycles. The molecule has 1 atom stereocenters. The van der Waals surface area contributed by atoms with Gasteiger partial charge in [-0.15, -0.1) is 0 Å². The highest BCUT2D eigenvalue weighted by molar-refractivity contribution is 7.92.